The van der Waals surface area contributed by atoms with Crippen molar-refractivity contribution in [3.8, 4) is 0 Å². The van der Waals surface area contributed by atoms with Gasteiger partial charge >= 0.3 is 12.1 Å². The number of rotatable bonds is 6. The van der Waals surface area contributed by atoms with Gasteiger partial charge in [0.25, 0.3) is 0 Å². The van der Waals surface area contributed by atoms with E-state index in [2.05, 4.69) is 6.58 Å². The number of alkyl halides is 3. The van der Waals surface area contributed by atoms with E-state index in [9.17, 15) is 18.0 Å². The molecular weight excluding hydrogens is 215 g/mol. The minimum atomic E-state index is -4.42. The molecule has 0 aliphatic carbocycles. The average Bonchev–Trinajstić information content (AvgIpc) is 2.00. The summed E-state index contributed by atoms with van der Waals surface area (Å²) in [5, 5.41) is 16.9. The summed E-state index contributed by atoms with van der Waals surface area (Å²) in [6.45, 7) is 0.717. The first kappa shape index (κ1) is 13.9. The number of aliphatic carboxylic acids is 1. The first-order valence-electron chi connectivity index (χ1n) is 4.07. The van der Waals surface area contributed by atoms with Gasteiger partial charge < -0.3 is 10.2 Å². The predicted octanol–water partition coefficient (Wildman–Crippen LogP) is 0.484. The normalized spacial score (nSPS) is 11.8. The van der Waals surface area contributed by atoms with Crippen LogP contribution in [0.3, 0.4) is 0 Å². The van der Waals surface area contributed by atoms with Crippen LogP contribution >= 0.6 is 0 Å². The molecule has 0 rings (SSSR count). The van der Waals surface area contributed by atoms with Crippen LogP contribution in [-0.2, 0) is 4.79 Å². The topological polar surface area (TPSA) is 60.8 Å². The van der Waals surface area contributed by atoms with Crippen LogP contribution in [0, 0.1) is 0 Å². The third-order valence-electron chi connectivity index (χ3n) is 1.54. The molecule has 7 heteroatoms. The van der Waals surface area contributed by atoms with E-state index >= 15 is 0 Å². The van der Waals surface area contributed by atoms with Crippen molar-refractivity contribution in [2.75, 3.05) is 26.2 Å². The second-order valence-corrected chi connectivity index (χ2v) is 2.96. The fourth-order valence-electron chi connectivity index (χ4n) is 0.947. The Morgan fingerprint density at radius 2 is 1.93 bits per heavy atom. The van der Waals surface area contributed by atoms with Gasteiger partial charge in [0.15, 0.2) is 0 Å². The summed E-state index contributed by atoms with van der Waals surface area (Å²) in [4.78, 5) is 11.1. The van der Waals surface area contributed by atoms with E-state index < -0.39 is 31.8 Å². The average molecular weight is 227 g/mol. The maximum atomic E-state index is 12.0. The lowest BCUT2D eigenvalue weighted by Crippen LogP contribution is -2.38. The predicted molar refractivity (Wildman–Crippen MR) is 46.4 cm³/mol. The van der Waals surface area contributed by atoms with Crippen molar-refractivity contribution < 1.29 is 28.2 Å². The van der Waals surface area contributed by atoms with Gasteiger partial charge in [0.2, 0.25) is 0 Å². The molecule has 0 spiro atoms. The van der Waals surface area contributed by atoms with Crippen molar-refractivity contribution in [1.82, 2.24) is 4.90 Å². The van der Waals surface area contributed by atoms with Crippen LogP contribution in [0.1, 0.15) is 0 Å². The molecule has 0 saturated heterocycles. The number of hydrogen-bond acceptors (Lipinski definition) is 3. The van der Waals surface area contributed by atoms with Gasteiger partial charge in [-0.05, 0) is 0 Å². The first-order valence-corrected chi connectivity index (χ1v) is 4.07. The Kier molecular flexibility index (Phi) is 5.31. The van der Waals surface area contributed by atoms with Crippen LogP contribution in [-0.4, -0.2) is 53.5 Å². The molecule has 0 aromatic carbocycles. The second kappa shape index (κ2) is 5.72. The fraction of sp³-hybridized carbons (Fsp3) is 0.625. The molecule has 0 heterocycles. The first-order chi connectivity index (χ1) is 6.76. The van der Waals surface area contributed by atoms with Crippen LogP contribution in [0.25, 0.3) is 0 Å². The molecule has 0 aromatic rings. The zero-order valence-electron chi connectivity index (χ0n) is 7.92. The van der Waals surface area contributed by atoms with Crippen molar-refractivity contribution >= 4 is 5.97 Å². The third kappa shape index (κ3) is 6.92. The molecule has 0 radical (unpaired) electrons. The van der Waals surface area contributed by atoms with Crippen molar-refractivity contribution in [3.05, 3.63) is 12.2 Å². The minimum absolute atomic E-state index is 0.244. The van der Waals surface area contributed by atoms with Gasteiger partial charge in [-0.15, -0.1) is 0 Å². The van der Waals surface area contributed by atoms with E-state index in [-0.39, 0.29) is 12.1 Å². The maximum Gasteiger partial charge on any atom is 0.401 e. The molecule has 0 atom stereocenters. The molecular formula is C8H12F3NO3. The maximum absolute atomic E-state index is 12.0. The van der Waals surface area contributed by atoms with Crippen LogP contribution < -0.4 is 0 Å². The van der Waals surface area contributed by atoms with Gasteiger partial charge in [0.1, 0.15) is 0 Å². The molecule has 88 valence electrons. The molecule has 0 fully saturated rings. The van der Waals surface area contributed by atoms with E-state index in [4.69, 9.17) is 10.2 Å². The molecule has 2 N–H and O–H groups in total. The highest BCUT2D eigenvalue weighted by Crippen LogP contribution is 2.16. The standard InChI is InChI=1S/C8H12F3NO3/c1-6(7(14)15)4-12(2-3-13)5-8(9,10)11/h13H,1-5H2,(H,14,15). The lowest BCUT2D eigenvalue weighted by atomic mass is 10.3. The number of aliphatic hydroxyl groups excluding tert-OH is 1. The Labute approximate surface area is 84.6 Å². The van der Waals surface area contributed by atoms with Gasteiger partial charge in [0.05, 0.1) is 13.2 Å². The number of aliphatic hydroxyl groups is 1. The highest BCUT2D eigenvalue weighted by atomic mass is 19.4. The quantitative estimate of drug-likeness (QED) is 0.648. The number of halogens is 3. The molecule has 0 unspecified atom stereocenters. The van der Waals surface area contributed by atoms with Crippen LogP contribution in [0.2, 0.25) is 0 Å². The van der Waals surface area contributed by atoms with Crippen molar-refractivity contribution in [2.24, 2.45) is 0 Å². The molecule has 15 heavy (non-hydrogen) atoms. The largest absolute Gasteiger partial charge is 0.478 e. The van der Waals surface area contributed by atoms with Gasteiger partial charge in [-0.25, -0.2) is 4.79 Å². The Morgan fingerprint density at radius 3 is 2.27 bits per heavy atom. The van der Waals surface area contributed by atoms with Crippen LogP contribution in [0.4, 0.5) is 13.2 Å². The summed E-state index contributed by atoms with van der Waals surface area (Å²) in [6, 6.07) is 0. The Morgan fingerprint density at radius 1 is 1.40 bits per heavy atom. The van der Waals surface area contributed by atoms with Crippen molar-refractivity contribution in [1.29, 1.82) is 0 Å². The highest BCUT2D eigenvalue weighted by molar-refractivity contribution is 5.86. The molecule has 0 amide bonds. The van der Waals surface area contributed by atoms with E-state index in [0.717, 1.165) is 4.90 Å². The summed E-state index contributed by atoms with van der Waals surface area (Å²) in [5.41, 5.74) is -0.340. The molecule has 0 aromatic heterocycles. The molecule has 0 aliphatic rings. The Hall–Kier alpha value is -1.08. The number of carboxylic acids is 1. The van der Waals surface area contributed by atoms with E-state index in [0.29, 0.717) is 0 Å². The van der Waals surface area contributed by atoms with Crippen LogP contribution in [0.5, 0.6) is 0 Å². The summed E-state index contributed by atoms with van der Waals surface area (Å²) in [7, 11) is 0. The zero-order valence-corrected chi connectivity index (χ0v) is 7.92. The smallest absolute Gasteiger partial charge is 0.401 e. The van der Waals surface area contributed by atoms with Gasteiger partial charge in [-0.3, -0.25) is 4.90 Å². The lowest BCUT2D eigenvalue weighted by molar-refractivity contribution is -0.147. The van der Waals surface area contributed by atoms with E-state index in [1.165, 1.54) is 0 Å². The van der Waals surface area contributed by atoms with Gasteiger partial charge in [0, 0.05) is 18.7 Å². The molecule has 0 saturated carbocycles. The molecule has 4 nitrogen and oxygen atoms in total. The Bertz CT molecular complexity index is 240. The van der Waals surface area contributed by atoms with Gasteiger partial charge in [-0.1, -0.05) is 6.58 Å². The monoisotopic (exact) mass is 227 g/mol. The summed E-state index contributed by atoms with van der Waals surface area (Å²) in [6.07, 6.45) is -4.42. The number of carbonyl (C=O) groups is 1. The van der Waals surface area contributed by atoms with E-state index in [1.807, 2.05) is 0 Å². The summed E-state index contributed by atoms with van der Waals surface area (Å²) in [5.74, 6) is -1.35. The fourth-order valence-corrected chi connectivity index (χ4v) is 0.947. The lowest BCUT2D eigenvalue weighted by Gasteiger charge is -2.22. The highest BCUT2D eigenvalue weighted by Gasteiger charge is 2.30. The number of nitrogens with zero attached hydrogens (tertiary/aromatic N) is 1. The molecule has 0 bridgehead atoms. The minimum Gasteiger partial charge on any atom is -0.478 e. The third-order valence-corrected chi connectivity index (χ3v) is 1.54. The zero-order chi connectivity index (χ0) is 12.1. The summed E-state index contributed by atoms with van der Waals surface area (Å²) >= 11 is 0. The van der Waals surface area contributed by atoms with Crippen molar-refractivity contribution in [2.45, 2.75) is 6.18 Å². The SMILES string of the molecule is C=C(CN(CCO)CC(F)(F)F)C(=O)O. The van der Waals surface area contributed by atoms with E-state index in [1.54, 1.807) is 0 Å². The molecule has 0 aliphatic heterocycles. The Balaban J connectivity index is 4.28. The number of carboxylic acid groups (broad SMARTS) is 1. The van der Waals surface area contributed by atoms with Crippen molar-refractivity contribution in [3.63, 3.8) is 0 Å². The van der Waals surface area contributed by atoms with Gasteiger partial charge in [-0.2, -0.15) is 13.2 Å². The number of hydrogen-bond donors (Lipinski definition) is 2. The second-order valence-electron chi connectivity index (χ2n) is 2.96. The summed E-state index contributed by atoms with van der Waals surface area (Å²) < 4.78 is 35.9. The van der Waals surface area contributed by atoms with Crippen LogP contribution in [0.15, 0.2) is 12.2 Å².